The molecule has 4 rings (SSSR count). The fraction of sp³-hybridized carbons (Fsp3) is 0.190. The molecule has 3 aromatic heterocycles. The third-order valence-electron chi connectivity index (χ3n) is 4.58. The first-order valence-corrected chi connectivity index (χ1v) is 13.2. The summed E-state index contributed by atoms with van der Waals surface area (Å²) in [5.74, 6) is -0.350. The van der Waals surface area contributed by atoms with Crippen LogP contribution < -0.4 is 15.6 Å². The molecule has 0 saturated carbocycles. The lowest BCUT2D eigenvalue weighted by Gasteiger charge is -2.10. The van der Waals surface area contributed by atoms with Gasteiger partial charge in [-0.05, 0) is 42.1 Å². The maximum atomic E-state index is 13.0. The Kier molecular flexibility index (Phi) is 6.40. The zero-order valence-corrected chi connectivity index (χ0v) is 19.5. The van der Waals surface area contributed by atoms with Gasteiger partial charge in [-0.1, -0.05) is 13.0 Å². The summed E-state index contributed by atoms with van der Waals surface area (Å²) in [5.41, 5.74) is 1.47. The van der Waals surface area contributed by atoms with Crippen LogP contribution in [0.25, 0.3) is 20.7 Å². The van der Waals surface area contributed by atoms with Gasteiger partial charge in [-0.15, -0.1) is 22.7 Å². The monoisotopic (exact) mass is 488 g/mol. The SMILES string of the molecule is CCCS(=O)(=O)Nc1ccc(NC(=O)Cn2cnc3scc(-c4cccs4)c3c2=O)cc1. The highest BCUT2D eigenvalue weighted by Crippen LogP contribution is 2.33. The molecule has 0 bridgehead atoms. The maximum absolute atomic E-state index is 13.0. The number of carbonyl (C=O) groups is 1. The van der Waals surface area contributed by atoms with Crippen molar-refractivity contribution in [1.82, 2.24) is 9.55 Å². The van der Waals surface area contributed by atoms with Crippen LogP contribution in [0, 0.1) is 0 Å². The molecule has 1 amide bonds. The van der Waals surface area contributed by atoms with Gasteiger partial charge in [-0.2, -0.15) is 0 Å². The van der Waals surface area contributed by atoms with Crippen molar-refractivity contribution in [3.8, 4) is 10.4 Å². The second-order valence-corrected chi connectivity index (χ2v) is 10.7. The third kappa shape index (κ3) is 4.90. The average Bonchev–Trinajstić information content (AvgIpc) is 3.41. The van der Waals surface area contributed by atoms with Gasteiger partial charge in [0.25, 0.3) is 5.56 Å². The van der Waals surface area contributed by atoms with Gasteiger partial charge in [0, 0.05) is 27.2 Å². The highest BCUT2D eigenvalue weighted by molar-refractivity contribution is 7.92. The highest BCUT2D eigenvalue weighted by Gasteiger charge is 2.15. The number of sulfonamides is 1. The number of benzene rings is 1. The summed E-state index contributed by atoms with van der Waals surface area (Å²) in [6.07, 6.45) is 1.90. The number of anilines is 2. The van der Waals surface area contributed by atoms with Crippen molar-refractivity contribution in [3.05, 3.63) is 63.8 Å². The van der Waals surface area contributed by atoms with E-state index in [1.165, 1.54) is 22.2 Å². The largest absolute Gasteiger partial charge is 0.325 e. The molecule has 166 valence electrons. The molecule has 0 unspecified atom stereocenters. The van der Waals surface area contributed by atoms with Crippen molar-refractivity contribution in [2.45, 2.75) is 19.9 Å². The molecule has 0 aliphatic rings. The van der Waals surface area contributed by atoms with E-state index in [4.69, 9.17) is 0 Å². The fourth-order valence-electron chi connectivity index (χ4n) is 3.17. The molecule has 0 radical (unpaired) electrons. The van der Waals surface area contributed by atoms with Crippen molar-refractivity contribution in [2.24, 2.45) is 0 Å². The molecule has 3 heterocycles. The fourth-order valence-corrected chi connectivity index (χ4v) is 6.03. The first kappa shape index (κ1) is 22.2. The second kappa shape index (κ2) is 9.23. The van der Waals surface area contributed by atoms with E-state index in [2.05, 4.69) is 15.0 Å². The summed E-state index contributed by atoms with van der Waals surface area (Å²) in [5, 5.41) is 7.08. The van der Waals surface area contributed by atoms with Gasteiger partial charge in [-0.25, -0.2) is 13.4 Å². The Balaban J connectivity index is 1.48. The summed E-state index contributed by atoms with van der Waals surface area (Å²) in [4.78, 5) is 31.5. The Morgan fingerprint density at radius 1 is 1.12 bits per heavy atom. The molecule has 32 heavy (non-hydrogen) atoms. The predicted octanol–water partition coefficient (Wildman–Crippen LogP) is 3.98. The zero-order valence-electron chi connectivity index (χ0n) is 17.1. The molecule has 0 spiro atoms. The van der Waals surface area contributed by atoms with Crippen molar-refractivity contribution in [3.63, 3.8) is 0 Å². The Labute approximate surface area is 192 Å². The summed E-state index contributed by atoms with van der Waals surface area (Å²) >= 11 is 2.94. The Morgan fingerprint density at radius 2 is 1.88 bits per heavy atom. The second-order valence-electron chi connectivity index (χ2n) is 7.03. The van der Waals surface area contributed by atoms with Crippen LogP contribution in [0.2, 0.25) is 0 Å². The van der Waals surface area contributed by atoms with Crippen LogP contribution in [0.4, 0.5) is 11.4 Å². The zero-order chi connectivity index (χ0) is 22.7. The molecular formula is C21H20N4O4S3. The van der Waals surface area contributed by atoms with Crippen LogP contribution in [-0.2, 0) is 21.4 Å². The number of nitrogens with one attached hydrogen (secondary N) is 2. The first-order valence-electron chi connectivity index (χ1n) is 9.77. The maximum Gasteiger partial charge on any atom is 0.263 e. The predicted molar refractivity (Wildman–Crippen MR) is 130 cm³/mol. The molecule has 2 N–H and O–H groups in total. The van der Waals surface area contributed by atoms with Gasteiger partial charge in [0.05, 0.1) is 17.5 Å². The van der Waals surface area contributed by atoms with Gasteiger partial charge in [-0.3, -0.25) is 18.9 Å². The van der Waals surface area contributed by atoms with E-state index in [0.29, 0.717) is 28.0 Å². The standard InChI is InChI=1S/C21H20N4O4S3/c1-2-10-32(28,29)24-15-7-5-14(6-8-15)23-18(26)11-25-13-22-20-19(21(25)27)16(12-31-20)17-4-3-9-30-17/h3-9,12-13,24H,2,10-11H2,1H3,(H,23,26). The van der Waals surface area contributed by atoms with Gasteiger partial charge in [0.1, 0.15) is 11.4 Å². The number of hydrogen-bond donors (Lipinski definition) is 2. The summed E-state index contributed by atoms with van der Waals surface area (Å²) in [6.45, 7) is 1.60. The van der Waals surface area contributed by atoms with E-state index in [-0.39, 0.29) is 23.8 Å². The molecule has 0 saturated heterocycles. The lowest BCUT2D eigenvalue weighted by Crippen LogP contribution is -2.27. The Bertz CT molecular complexity index is 1410. The van der Waals surface area contributed by atoms with Crippen LogP contribution in [0.5, 0.6) is 0 Å². The summed E-state index contributed by atoms with van der Waals surface area (Å²) in [7, 11) is -3.38. The lowest BCUT2D eigenvalue weighted by atomic mass is 10.2. The first-order chi connectivity index (χ1) is 15.4. The van der Waals surface area contributed by atoms with Crippen LogP contribution in [-0.4, -0.2) is 29.6 Å². The number of nitrogens with zero attached hydrogens (tertiary/aromatic N) is 2. The molecule has 4 aromatic rings. The van der Waals surface area contributed by atoms with E-state index in [1.807, 2.05) is 22.9 Å². The minimum absolute atomic E-state index is 0.0386. The summed E-state index contributed by atoms with van der Waals surface area (Å²) in [6, 6.07) is 10.2. The van der Waals surface area contributed by atoms with Crippen LogP contribution in [0.15, 0.2) is 58.3 Å². The Morgan fingerprint density at radius 3 is 2.56 bits per heavy atom. The number of amides is 1. The number of rotatable bonds is 8. The van der Waals surface area contributed by atoms with E-state index in [1.54, 1.807) is 42.5 Å². The van der Waals surface area contributed by atoms with Crippen molar-refractivity contribution in [2.75, 3.05) is 15.8 Å². The normalized spacial score (nSPS) is 11.5. The van der Waals surface area contributed by atoms with E-state index in [9.17, 15) is 18.0 Å². The number of carbonyl (C=O) groups excluding carboxylic acids is 1. The molecule has 11 heteroatoms. The van der Waals surface area contributed by atoms with Crippen molar-refractivity contribution >= 4 is 60.2 Å². The molecular weight excluding hydrogens is 468 g/mol. The molecule has 1 aromatic carbocycles. The molecule has 0 fully saturated rings. The highest BCUT2D eigenvalue weighted by atomic mass is 32.2. The lowest BCUT2D eigenvalue weighted by molar-refractivity contribution is -0.116. The van der Waals surface area contributed by atoms with Crippen LogP contribution >= 0.6 is 22.7 Å². The van der Waals surface area contributed by atoms with E-state index < -0.39 is 10.0 Å². The van der Waals surface area contributed by atoms with Crippen LogP contribution in [0.3, 0.4) is 0 Å². The van der Waals surface area contributed by atoms with E-state index >= 15 is 0 Å². The smallest absolute Gasteiger partial charge is 0.263 e. The number of fused-ring (bicyclic) bond motifs is 1. The van der Waals surface area contributed by atoms with Crippen LogP contribution in [0.1, 0.15) is 13.3 Å². The molecule has 0 aliphatic carbocycles. The topological polar surface area (TPSA) is 110 Å². The minimum Gasteiger partial charge on any atom is -0.325 e. The third-order valence-corrected chi connectivity index (χ3v) is 7.86. The minimum atomic E-state index is -3.38. The van der Waals surface area contributed by atoms with E-state index in [0.717, 1.165) is 10.4 Å². The number of hydrogen-bond acceptors (Lipinski definition) is 7. The molecule has 0 aliphatic heterocycles. The molecule has 8 nitrogen and oxygen atoms in total. The van der Waals surface area contributed by atoms with Crippen molar-refractivity contribution < 1.29 is 13.2 Å². The van der Waals surface area contributed by atoms with Gasteiger partial charge >= 0.3 is 0 Å². The summed E-state index contributed by atoms with van der Waals surface area (Å²) < 4.78 is 27.5. The average molecular weight is 489 g/mol. The number of aromatic nitrogens is 2. The van der Waals surface area contributed by atoms with Gasteiger partial charge in [0.15, 0.2) is 0 Å². The quantitative estimate of drug-likeness (QED) is 0.390. The Hall–Kier alpha value is -3.02. The molecule has 0 atom stereocenters. The van der Waals surface area contributed by atoms with Gasteiger partial charge in [0.2, 0.25) is 15.9 Å². The number of thiophene rings is 2. The van der Waals surface area contributed by atoms with Crippen molar-refractivity contribution in [1.29, 1.82) is 0 Å². The van der Waals surface area contributed by atoms with Gasteiger partial charge < -0.3 is 5.32 Å².